The molecular weight excluding hydrogens is 1150 g/mol. The number of hydrogen-bond donors (Lipinski definition) is 0. The van der Waals surface area contributed by atoms with Crippen molar-refractivity contribution in [3.05, 3.63) is 284 Å². The van der Waals surface area contributed by atoms with E-state index in [0.29, 0.717) is 16.9 Å². The van der Waals surface area contributed by atoms with E-state index in [2.05, 4.69) is 39.2 Å². The van der Waals surface area contributed by atoms with Crippen molar-refractivity contribution in [3.8, 4) is 50.9 Å². The number of ether oxygens (including phenoxy) is 1. The Bertz CT molecular complexity index is 5600. The third-order valence-corrected chi connectivity index (χ3v) is 17.3. The molecule has 380 valence electrons. The quantitative estimate of drug-likeness (QED) is 0.0560. The molecule has 13 aromatic rings. The first-order chi connectivity index (χ1) is 48.5. The smallest absolute Gasteiger partial charge is 0.268 e. The first-order valence-corrected chi connectivity index (χ1v) is 26.2. The monoisotopic (exact) mass is 1230 g/mol. The summed E-state index contributed by atoms with van der Waals surface area (Å²) >= 11 is 0. The fourth-order valence-electron chi connectivity index (χ4n) is 9.76. The van der Waals surface area contributed by atoms with E-state index in [0.717, 1.165) is 21.9 Å². The number of aromatic nitrogens is 4. The molecule has 0 saturated carbocycles. The van der Waals surface area contributed by atoms with Crippen molar-refractivity contribution >= 4 is 61.7 Å². The molecule has 0 amide bonds. The van der Waals surface area contributed by atoms with Gasteiger partial charge in [0, 0.05) is 48.4 Å². The average molecular weight is 1230 g/mol. The second-order valence-corrected chi connectivity index (χ2v) is 22.3. The molecule has 0 aliphatic rings. The molecule has 7 heteroatoms. The van der Waals surface area contributed by atoms with Crippen LogP contribution in [0, 0.1) is 25.3 Å². The van der Waals surface area contributed by atoms with Gasteiger partial charge in [-0.05, 0) is 95.7 Å². The molecule has 3 aromatic heterocycles. The van der Waals surface area contributed by atoms with Crippen molar-refractivity contribution in [1.82, 2.24) is 14.1 Å². The summed E-state index contributed by atoms with van der Waals surface area (Å²) in [6, 6.07) is 11.6. The minimum absolute atomic E-state index is 0. The second kappa shape index (κ2) is 20.7. The molecule has 10 aromatic carbocycles. The van der Waals surface area contributed by atoms with E-state index in [1.807, 2.05) is 47.0 Å². The van der Waals surface area contributed by atoms with E-state index in [-0.39, 0.29) is 60.4 Å². The van der Waals surface area contributed by atoms with Crippen LogP contribution in [0.5, 0.6) is 11.5 Å². The molecule has 3 heterocycles. The number of fused-ring (bicyclic) bond motifs is 4. The largest absolute Gasteiger partial charge is 0.510 e. The molecular formula is C71H54N4OPtSi-2. The van der Waals surface area contributed by atoms with Crippen LogP contribution in [0.2, 0.25) is 0 Å². The number of imidazole rings is 1. The van der Waals surface area contributed by atoms with E-state index >= 15 is 0 Å². The molecule has 0 atom stereocenters. The van der Waals surface area contributed by atoms with E-state index in [1.54, 1.807) is 54.7 Å². The molecule has 0 fully saturated rings. The van der Waals surface area contributed by atoms with Gasteiger partial charge in [0.2, 0.25) is 0 Å². The predicted octanol–water partition coefficient (Wildman–Crippen LogP) is 13.9. The zero-order valence-electron chi connectivity index (χ0n) is 67.5. The second-order valence-electron chi connectivity index (χ2n) is 18.8. The van der Waals surface area contributed by atoms with Gasteiger partial charge in [0.1, 0.15) is 5.82 Å². The van der Waals surface area contributed by atoms with E-state index < -0.39 is 197 Å². The number of benzene rings is 10. The third kappa shape index (κ3) is 8.81. The molecule has 5 nitrogen and oxygen atoms in total. The Morgan fingerprint density at radius 1 is 0.577 bits per heavy atom. The minimum atomic E-state index is -6.43. The molecule has 13 rings (SSSR count). The molecule has 0 aliphatic heterocycles. The van der Waals surface area contributed by atoms with Gasteiger partial charge in [-0.15, -0.1) is 29.7 Å². The standard InChI is InChI=1S/C71H54N4OSi.Pt/c1-50-23-14-15-34-60(50)64-37-22-36-61(51-24-20-33-59(45-51)77(56-27-8-5-9-28-56,57-29-10-6-11-30-57)58-31-12-7-13-32-58)70(64)74-49-73(66-39-18-19-40-67(66)74)53-25-21-26-54(47-53)76-55-41-42-63-62-35-16-17-38-65(62)75(68(63)48-55)69-46-52(43-44-72-69)71(2,3)4;/h5-46H,1-4H3;/q-2;/i1D3,5D,6D,7D,8D,9D,10D,11D,12D,13D,14D,15D,20D,23D,24D,27D,28D,29D,30D,31D,32D,33D,34D,45D;. The topological polar surface area (TPSA) is 35.9 Å². The Balaban J connectivity index is 0.0000102. The molecule has 0 aliphatic carbocycles. The molecule has 78 heavy (non-hydrogen) atoms. The summed E-state index contributed by atoms with van der Waals surface area (Å²) in [7, 11) is -6.43. The SMILES string of the molecule is [2H]c1c([2H])c([2H])c([Si](c2c([2H])c([2H])c([2H])c([2H])c2[2H])(c2c([2H])c([2H])c([2H])c([2H])c2[2H])c2c([2H])c([2H])c([2H])c(-c3cccc(-c4c([2H])c([2H])c([2H])c([2H])c4C([2H])([2H])[2H])c3-[n+]3[c-]n(-c4[c-]c(Oc5[c-]c6c(cc5)c5ccccc5n6-c5cc(C(C)(C)C)ccn5)ccc4)c4ccccc43)c2[2H])c([2H])c1[2H].[Pt]. The van der Waals surface area contributed by atoms with Crippen LogP contribution in [0.1, 0.15) is 67.5 Å². The van der Waals surface area contributed by atoms with Gasteiger partial charge in [0.15, 0.2) is 8.07 Å². The molecule has 0 N–H and O–H groups in total. The number of rotatable bonds is 11. The molecule has 0 bridgehead atoms. The zero-order valence-corrected chi connectivity index (χ0v) is 44.8. The van der Waals surface area contributed by atoms with E-state index in [9.17, 15) is 15.1 Å². The van der Waals surface area contributed by atoms with Crippen LogP contribution in [-0.4, -0.2) is 22.2 Å². The van der Waals surface area contributed by atoms with Crippen molar-refractivity contribution in [1.29, 1.82) is 0 Å². The van der Waals surface area contributed by atoms with Crippen LogP contribution < -0.4 is 30.1 Å². The van der Waals surface area contributed by atoms with Gasteiger partial charge in [-0.25, -0.2) is 4.98 Å². The Labute approximate surface area is 508 Å². The van der Waals surface area contributed by atoms with E-state index in [4.69, 9.17) is 30.3 Å². The summed E-state index contributed by atoms with van der Waals surface area (Å²) in [5.74, 6) is 1.07. The molecule has 0 unspecified atom stereocenters. The van der Waals surface area contributed by atoms with Gasteiger partial charge >= 0.3 is 0 Å². The maximum Gasteiger partial charge on any atom is 0.268 e. The van der Waals surface area contributed by atoms with Crippen LogP contribution in [0.15, 0.2) is 254 Å². The van der Waals surface area contributed by atoms with Gasteiger partial charge in [0.25, 0.3) is 6.33 Å². The Morgan fingerprint density at radius 3 is 1.95 bits per heavy atom. The van der Waals surface area contributed by atoms with Crippen LogP contribution >= 0.6 is 0 Å². The van der Waals surface area contributed by atoms with Gasteiger partial charge in [-0.1, -0.05) is 226 Å². The summed E-state index contributed by atoms with van der Waals surface area (Å²) in [6.45, 7) is 2.98. The zero-order chi connectivity index (χ0) is 74.6. The maximum absolute atomic E-state index is 10.8. The molecule has 0 spiro atoms. The summed E-state index contributed by atoms with van der Waals surface area (Å²) < 4.78 is 255. The normalized spacial score (nSPS) is 16.6. The number of pyridine rings is 1. The fraction of sp³-hybridized carbons (Fsp3) is 0.0704. The minimum Gasteiger partial charge on any atom is -0.510 e. The van der Waals surface area contributed by atoms with E-state index in [1.165, 1.54) is 27.3 Å². The van der Waals surface area contributed by atoms with Crippen LogP contribution in [0.4, 0.5) is 0 Å². The summed E-state index contributed by atoms with van der Waals surface area (Å²) in [5, 5.41) is -2.57. The van der Waals surface area contributed by atoms with Crippen molar-refractivity contribution in [2.24, 2.45) is 0 Å². The Kier molecular flexibility index (Phi) is 7.60. The van der Waals surface area contributed by atoms with Gasteiger partial charge in [-0.3, -0.25) is 4.57 Å². The molecule has 0 radical (unpaired) electrons. The van der Waals surface area contributed by atoms with Gasteiger partial charge in [-0.2, -0.15) is 18.2 Å². The van der Waals surface area contributed by atoms with Gasteiger partial charge in [0.05, 0.1) is 48.2 Å². The fourth-order valence-corrected chi connectivity index (χ4v) is 13.3. The van der Waals surface area contributed by atoms with Crippen molar-refractivity contribution < 1.29 is 66.0 Å². The van der Waals surface area contributed by atoms with Gasteiger partial charge < -0.3 is 13.9 Å². The Morgan fingerprint density at radius 2 is 1.22 bits per heavy atom. The molecule has 0 saturated heterocycles. The maximum atomic E-state index is 10.8. The Hall–Kier alpha value is -8.67. The van der Waals surface area contributed by atoms with Crippen LogP contribution in [-0.2, 0) is 26.5 Å². The number of nitrogens with zero attached hydrogens (tertiary/aromatic N) is 4. The van der Waals surface area contributed by atoms with Crippen molar-refractivity contribution in [3.63, 3.8) is 0 Å². The van der Waals surface area contributed by atoms with Crippen molar-refractivity contribution in [2.75, 3.05) is 0 Å². The number of para-hydroxylation sites is 4. The first kappa shape index (κ1) is 28.6. The third-order valence-electron chi connectivity index (χ3n) is 13.3. The predicted molar refractivity (Wildman–Crippen MR) is 318 cm³/mol. The van der Waals surface area contributed by atoms with Crippen LogP contribution in [0.25, 0.3) is 72.3 Å². The summed E-state index contributed by atoms with van der Waals surface area (Å²) in [5.41, 5.74) is -0.489. The average Bonchev–Trinajstić information content (AvgIpc) is 0.896. The number of hydrogen-bond acceptors (Lipinski definition) is 2. The first-order valence-electron chi connectivity index (χ1n) is 37.2. The van der Waals surface area contributed by atoms with Crippen LogP contribution in [0.3, 0.4) is 0 Å². The summed E-state index contributed by atoms with van der Waals surface area (Å²) in [6.07, 6.45) is 5.05. The van der Waals surface area contributed by atoms with Crippen molar-refractivity contribution in [2.45, 2.75) is 33.0 Å². The summed E-state index contributed by atoms with van der Waals surface area (Å²) in [4.78, 5) is 4.79.